The smallest absolute Gasteiger partial charge is 0.329 e. The zero-order chi connectivity index (χ0) is 14.0. The second-order valence-corrected chi connectivity index (χ2v) is 4.49. The molecule has 5 nitrogen and oxygen atoms in total. The lowest BCUT2D eigenvalue weighted by atomic mass is 10.1. The van der Waals surface area contributed by atoms with Gasteiger partial charge in [-0.1, -0.05) is 6.07 Å². The van der Waals surface area contributed by atoms with E-state index < -0.39 is 5.69 Å². The Kier molecular flexibility index (Phi) is 3.55. The van der Waals surface area contributed by atoms with Gasteiger partial charge in [0.1, 0.15) is 5.82 Å². The molecule has 0 spiro atoms. The van der Waals surface area contributed by atoms with Gasteiger partial charge in [-0.05, 0) is 44.0 Å². The number of aromatic amines is 1. The molecule has 0 aliphatic heterocycles. The van der Waals surface area contributed by atoms with E-state index in [4.69, 9.17) is 0 Å². The second kappa shape index (κ2) is 5.14. The third-order valence-corrected chi connectivity index (χ3v) is 3.12. The van der Waals surface area contributed by atoms with E-state index in [0.29, 0.717) is 12.4 Å². The highest BCUT2D eigenvalue weighted by atomic mass is 16.2. The molecule has 5 heteroatoms. The number of benzene rings is 1. The van der Waals surface area contributed by atoms with Gasteiger partial charge in [-0.25, -0.2) is 4.79 Å². The number of H-pyrrole nitrogens is 1. The van der Waals surface area contributed by atoms with Crippen molar-refractivity contribution in [2.24, 2.45) is 0 Å². The Morgan fingerprint density at radius 1 is 1.16 bits per heavy atom. The van der Waals surface area contributed by atoms with Crippen LogP contribution in [0, 0.1) is 13.8 Å². The lowest BCUT2D eigenvalue weighted by molar-refractivity contribution is 0.674. The van der Waals surface area contributed by atoms with E-state index in [1.165, 1.54) is 11.6 Å². The highest BCUT2D eigenvalue weighted by Crippen LogP contribution is 2.16. The van der Waals surface area contributed by atoms with Gasteiger partial charge in [0.2, 0.25) is 0 Å². The lowest BCUT2D eigenvalue weighted by Gasteiger charge is -2.09. The number of nitrogens with one attached hydrogen (secondary N) is 2. The zero-order valence-electron chi connectivity index (χ0n) is 11.3. The molecule has 2 aromatic rings. The summed E-state index contributed by atoms with van der Waals surface area (Å²) in [7, 11) is 0. The summed E-state index contributed by atoms with van der Waals surface area (Å²) >= 11 is 0. The number of rotatable bonds is 3. The molecular weight excluding hydrogens is 242 g/mol. The Balaban J connectivity index is 2.36. The van der Waals surface area contributed by atoms with Crippen LogP contribution < -0.4 is 16.6 Å². The van der Waals surface area contributed by atoms with Crippen molar-refractivity contribution < 1.29 is 0 Å². The average Bonchev–Trinajstić information content (AvgIpc) is 2.33. The minimum absolute atomic E-state index is 0.308. The van der Waals surface area contributed by atoms with Crippen LogP contribution in [0.2, 0.25) is 0 Å². The van der Waals surface area contributed by atoms with E-state index >= 15 is 0 Å². The summed E-state index contributed by atoms with van der Waals surface area (Å²) in [4.78, 5) is 26.0. The van der Waals surface area contributed by atoms with Crippen molar-refractivity contribution in [1.29, 1.82) is 0 Å². The topological polar surface area (TPSA) is 66.9 Å². The summed E-state index contributed by atoms with van der Waals surface area (Å²) in [5.74, 6) is 0.406. The Hall–Kier alpha value is -2.30. The van der Waals surface area contributed by atoms with Crippen molar-refractivity contribution in [3.8, 4) is 0 Å². The maximum atomic E-state index is 11.7. The van der Waals surface area contributed by atoms with Crippen LogP contribution in [-0.4, -0.2) is 9.55 Å². The first kappa shape index (κ1) is 13.1. The molecule has 0 atom stereocenters. The van der Waals surface area contributed by atoms with Gasteiger partial charge in [0, 0.05) is 18.3 Å². The summed E-state index contributed by atoms with van der Waals surface area (Å²) in [6.45, 7) is 6.16. The van der Waals surface area contributed by atoms with Crippen molar-refractivity contribution in [2.45, 2.75) is 27.3 Å². The summed E-state index contributed by atoms with van der Waals surface area (Å²) in [5, 5.41) is 3.04. The van der Waals surface area contributed by atoms with Gasteiger partial charge in [-0.2, -0.15) is 0 Å². The summed E-state index contributed by atoms with van der Waals surface area (Å²) in [6.07, 6.45) is 0. The van der Waals surface area contributed by atoms with Crippen molar-refractivity contribution in [3.05, 3.63) is 56.2 Å². The molecule has 0 aliphatic carbocycles. The van der Waals surface area contributed by atoms with Gasteiger partial charge in [-0.3, -0.25) is 14.3 Å². The van der Waals surface area contributed by atoms with Crippen LogP contribution >= 0.6 is 0 Å². The monoisotopic (exact) mass is 259 g/mol. The maximum Gasteiger partial charge on any atom is 0.329 e. The van der Waals surface area contributed by atoms with Gasteiger partial charge in [-0.15, -0.1) is 0 Å². The third-order valence-electron chi connectivity index (χ3n) is 3.12. The highest BCUT2D eigenvalue weighted by molar-refractivity contribution is 5.57. The predicted octanol–water partition coefficient (Wildman–Crippen LogP) is 1.92. The first-order chi connectivity index (χ1) is 9.01. The van der Waals surface area contributed by atoms with Gasteiger partial charge >= 0.3 is 5.69 Å². The van der Waals surface area contributed by atoms with Gasteiger partial charge in [0.15, 0.2) is 0 Å². The molecule has 0 radical (unpaired) electrons. The number of hydrogen-bond acceptors (Lipinski definition) is 3. The molecule has 1 heterocycles. The average molecular weight is 259 g/mol. The molecule has 2 N–H and O–H groups in total. The lowest BCUT2D eigenvalue weighted by Crippen LogP contribution is -2.34. The van der Waals surface area contributed by atoms with Crippen molar-refractivity contribution in [3.63, 3.8) is 0 Å². The fourth-order valence-electron chi connectivity index (χ4n) is 1.86. The molecule has 0 saturated carbocycles. The molecule has 1 aromatic heterocycles. The quantitative estimate of drug-likeness (QED) is 0.885. The Bertz CT molecular complexity index is 682. The van der Waals surface area contributed by atoms with Gasteiger partial charge in [0.25, 0.3) is 5.56 Å². The van der Waals surface area contributed by atoms with E-state index in [-0.39, 0.29) is 5.56 Å². The maximum absolute atomic E-state index is 11.7. The van der Waals surface area contributed by atoms with Crippen LogP contribution in [0.4, 0.5) is 11.5 Å². The van der Waals surface area contributed by atoms with Crippen LogP contribution in [0.1, 0.15) is 18.1 Å². The Labute approximate surface area is 110 Å². The molecule has 2 rings (SSSR count). The molecular formula is C14H17N3O2. The third kappa shape index (κ3) is 2.76. The number of aromatic nitrogens is 2. The van der Waals surface area contributed by atoms with Crippen molar-refractivity contribution in [1.82, 2.24) is 9.55 Å². The van der Waals surface area contributed by atoms with Crippen molar-refractivity contribution >= 4 is 11.5 Å². The summed E-state index contributed by atoms with van der Waals surface area (Å²) in [6, 6.07) is 7.26. The van der Waals surface area contributed by atoms with E-state index in [9.17, 15) is 9.59 Å². The van der Waals surface area contributed by atoms with Gasteiger partial charge < -0.3 is 5.32 Å². The molecule has 0 unspecified atom stereocenters. The molecule has 0 amide bonds. The standard InChI is InChI=1S/C14H17N3O2/c1-4-17-13(18)8-12(16-14(17)19)15-11-6-5-9(2)10(3)7-11/h5-8,15H,4H2,1-3H3,(H,16,19). The molecule has 0 aliphatic rings. The predicted molar refractivity (Wildman–Crippen MR) is 76.2 cm³/mol. The number of nitrogens with zero attached hydrogens (tertiary/aromatic N) is 1. The molecule has 0 bridgehead atoms. The molecule has 0 saturated heterocycles. The molecule has 19 heavy (non-hydrogen) atoms. The second-order valence-electron chi connectivity index (χ2n) is 4.49. The fourth-order valence-corrected chi connectivity index (χ4v) is 1.86. The van der Waals surface area contributed by atoms with Crippen LogP contribution in [0.15, 0.2) is 33.9 Å². The van der Waals surface area contributed by atoms with Crippen LogP contribution in [-0.2, 0) is 6.54 Å². The van der Waals surface area contributed by atoms with Gasteiger partial charge in [0.05, 0.1) is 0 Å². The minimum Gasteiger partial charge on any atom is -0.342 e. The van der Waals surface area contributed by atoms with Crippen LogP contribution in [0.25, 0.3) is 0 Å². The highest BCUT2D eigenvalue weighted by Gasteiger charge is 2.03. The number of aryl methyl sites for hydroxylation is 2. The SMILES string of the molecule is CCn1c(=O)cc(Nc2ccc(C)c(C)c2)[nH]c1=O. The fraction of sp³-hybridized carbons (Fsp3) is 0.286. The molecule has 100 valence electrons. The Morgan fingerprint density at radius 2 is 1.89 bits per heavy atom. The number of anilines is 2. The van der Waals surface area contributed by atoms with Crippen LogP contribution in [0.3, 0.4) is 0 Å². The first-order valence-electron chi connectivity index (χ1n) is 6.19. The number of hydrogen-bond donors (Lipinski definition) is 2. The molecule has 1 aromatic carbocycles. The van der Waals surface area contributed by atoms with E-state index in [2.05, 4.69) is 10.3 Å². The zero-order valence-corrected chi connectivity index (χ0v) is 11.3. The summed E-state index contributed by atoms with van der Waals surface area (Å²) in [5.41, 5.74) is 2.47. The van der Waals surface area contributed by atoms with Crippen LogP contribution in [0.5, 0.6) is 0 Å². The first-order valence-corrected chi connectivity index (χ1v) is 6.19. The largest absolute Gasteiger partial charge is 0.342 e. The van der Waals surface area contributed by atoms with E-state index in [1.807, 2.05) is 32.0 Å². The molecule has 0 fully saturated rings. The Morgan fingerprint density at radius 3 is 2.47 bits per heavy atom. The normalized spacial score (nSPS) is 10.5. The minimum atomic E-state index is -0.402. The summed E-state index contributed by atoms with van der Waals surface area (Å²) < 4.78 is 1.14. The van der Waals surface area contributed by atoms with Crippen molar-refractivity contribution in [2.75, 3.05) is 5.32 Å². The van der Waals surface area contributed by atoms with E-state index in [0.717, 1.165) is 15.8 Å². The van der Waals surface area contributed by atoms with E-state index in [1.54, 1.807) is 6.92 Å².